The zero-order valence-electron chi connectivity index (χ0n) is 9.93. The first-order valence-electron chi connectivity index (χ1n) is 5.61. The highest BCUT2D eigenvalue weighted by molar-refractivity contribution is 6.30. The summed E-state index contributed by atoms with van der Waals surface area (Å²) >= 11 is 5.76. The third kappa shape index (κ3) is 3.63. The van der Waals surface area contributed by atoms with Gasteiger partial charge in [-0.2, -0.15) is 0 Å². The van der Waals surface area contributed by atoms with Crippen LogP contribution in [0.3, 0.4) is 0 Å². The van der Waals surface area contributed by atoms with Gasteiger partial charge in [-0.05, 0) is 29.8 Å². The van der Waals surface area contributed by atoms with Crippen molar-refractivity contribution >= 4 is 23.2 Å². The summed E-state index contributed by atoms with van der Waals surface area (Å²) in [7, 11) is 0. The number of carbonyl (C=O) groups excluding carboxylic acids is 1. The summed E-state index contributed by atoms with van der Waals surface area (Å²) in [6.45, 7) is 0. The summed E-state index contributed by atoms with van der Waals surface area (Å²) in [5.74, 6) is -0.499. The number of hydrogen-bond donors (Lipinski definition) is 3. The predicted octanol–water partition coefficient (Wildman–Crippen LogP) is 2.93. The summed E-state index contributed by atoms with van der Waals surface area (Å²) in [5.41, 5.74) is 1.08. The van der Waals surface area contributed by atoms with E-state index in [9.17, 15) is 9.90 Å². The first-order chi connectivity index (χ1) is 9.04. The van der Waals surface area contributed by atoms with Gasteiger partial charge >= 0.3 is 0 Å². The van der Waals surface area contributed by atoms with Gasteiger partial charge in [-0.3, -0.25) is 4.79 Å². The minimum atomic E-state index is -0.261. The molecule has 0 spiro atoms. The standard InChI is InChI=1S/C14H12ClNO3/c15-10-3-1-9(2-4-10)7-14(19)16-12-6-5-11(17)8-13(12)18/h1-6,8,17-18H,7H2,(H,16,19). The zero-order valence-corrected chi connectivity index (χ0v) is 10.7. The van der Waals surface area contributed by atoms with E-state index in [-0.39, 0.29) is 29.5 Å². The van der Waals surface area contributed by atoms with Crippen LogP contribution in [0.25, 0.3) is 0 Å². The Morgan fingerprint density at radius 1 is 1.11 bits per heavy atom. The summed E-state index contributed by atoms with van der Waals surface area (Å²) < 4.78 is 0. The van der Waals surface area contributed by atoms with E-state index in [0.29, 0.717) is 5.02 Å². The number of benzene rings is 2. The van der Waals surface area contributed by atoms with Crippen molar-refractivity contribution in [1.29, 1.82) is 0 Å². The molecule has 0 radical (unpaired) electrons. The van der Waals surface area contributed by atoms with Gasteiger partial charge in [0.15, 0.2) is 0 Å². The molecule has 0 saturated carbocycles. The molecule has 0 atom stereocenters. The minimum absolute atomic E-state index is 0.0619. The van der Waals surface area contributed by atoms with Crippen LogP contribution in [-0.4, -0.2) is 16.1 Å². The number of nitrogens with one attached hydrogen (secondary N) is 1. The maximum Gasteiger partial charge on any atom is 0.228 e. The van der Waals surface area contributed by atoms with Crippen molar-refractivity contribution in [2.75, 3.05) is 5.32 Å². The third-order valence-corrected chi connectivity index (χ3v) is 2.79. The second-order valence-electron chi connectivity index (χ2n) is 4.05. The molecule has 0 fully saturated rings. The Morgan fingerprint density at radius 3 is 2.42 bits per heavy atom. The average molecular weight is 278 g/mol. The van der Waals surface area contributed by atoms with Crippen LogP contribution < -0.4 is 5.32 Å². The number of aromatic hydroxyl groups is 2. The molecule has 0 aliphatic heterocycles. The molecule has 0 aromatic heterocycles. The fraction of sp³-hybridized carbons (Fsp3) is 0.0714. The van der Waals surface area contributed by atoms with Crippen molar-refractivity contribution in [3.05, 3.63) is 53.1 Å². The Hall–Kier alpha value is -2.20. The number of phenolic OH excluding ortho intramolecular Hbond substituents is 2. The Balaban J connectivity index is 2.03. The topological polar surface area (TPSA) is 69.6 Å². The van der Waals surface area contributed by atoms with Gasteiger partial charge < -0.3 is 15.5 Å². The molecule has 0 aliphatic rings. The highest BCUT2D eigenvalue weighted by Gasteiger charge is 2.08. The smallest absolute Gasteiger partial charge is 0.228 e. The maximum atomic E-state index is 11.8. The highest BCUT2D eigenvalue weighted by Crippen LogP contribution is 2.27. The zero-order chi connectivity index (χ0) is 13.8. The Morgan fingerprint density at radius 2 is 1.79 bits per heavy atom. The maximum absolute atomic E-state index is 11.8. The summed E-state index contributed by atoms with van der Waals surface area (Å²) in [5, 5.41) is 21.9. The van der Waals surface area contributed by atoms with E-state index in [0.717, 1.165) is 11.6 Å². The van der Waals surface area contributed by atoms with Gasteiger partial charge in [0, 0.05) is 11.1 Å². The number of rotatable bonds is 3. The molecule has 2 rings (SSSR count). The fourth-order valence-electron chi connectivity index (χ4n) is 1.61. The molecule has 1 amide bonds. The molecule has 4 nitrogen and oxygen atoms in total. The minimum Gasteiger partial charge on any atom is -0.508 e. The van der Waals surface area contributed by atoms with Crippen LogP contribution in [0.1, 0.15) is 5.56 Å². The molecular weight excluding hydrogens is 266 g/mol. The van der Waals surface area contributed by atoms with Gasteiger partial charge in [0.05, 0.1) is 12.1 Å². The van der Waals surface area contributed by atoms with Crippen molar-refractivity contribution in [1.82, 2.24) is 0 Å². The van der Waals surface area contributed by atoms with E-state index >= 15 is 0 Å². The summed E-state index contributed by atoms with van der Waals surface area (Å²) in [6, 6.07) is 10.9. The molecule has 0 bridgehead atoms. The monoisotopic (exact) mass is 277 g/mol. The molecular formula is C14H12ClNO3. The molecule has 0 heterocycles. The Bertz CT molecular complexity index is 596. The van der Waals surface area contributed by atoms with Crippen LogP contribution in [0.15, 0.2) is 42.5 Å². The molecule has 3 N–H and O–H groups in total. The average Bonchev–Trinajstić information content (AvgIpc) is 2.36. The van der Waals surface area contributed by atoms with E-state index in [2.05, 4.69) is 5.32 Å². The van der Waals surface area contributed by atoms with Crippen molar-refractivity contribution in [2.45, 2.75) is 6.42 Å². The lowest BCUT2D eigenvalue weighted by atomic mass is 10.1. The number of halogens is 1. The molecule has 5 heteroatoms. The van der Waals surface area contributed by atoms with Crippen LogP contribution in [0.5, 0.6) is 11.5 Å². The van der Waals surface area contributed by atoms with Crippen molar-refractivity contribution < 1.29 is 15.0 Å². The first kappa shape index (κ1) is 13.2. The first-order valence-corrected chi connectivity index (χ1v) is 5.98. The highest BCUT2D eigenvalue weighted by atomic mass is 35.5. The van der Waals surface area contributed by atoms with E-state index in [1.165, 1.54) is 12.1 Å². The van der Waals surface area contributed by atoms with Crippen LogP contribution in [0, 0.1) is 0 Å². The van der Waals surface area contributed by atoms with E-state index < -0.39 is 0 Å². The normalized spacial score (nSPS) is 10.2. The molecule has 0 saturated heterocycles. The molecule has 19 heavy (non-hydrogen) atoms. The number of anilines is 1. The van der Waals surface area contributed by atoms with E-state index in [1.54, 1.807) is 24.3 Å². The lowest BCUT2D eigenvalue weighted by molar-refractivity contribution is -0.115. The molecule has 0 aliphatic carbocycles. The van der Waals surface area contributed by atoms with Crippen LogP contribution >= 0.6 is 11.6 Å². The number of hydrogen-bond acceptors (Lipinski definition) is 3. The second kappa shape index (κ2) is 5.63. The Kier molecular flexibility index (Phi) is 3.92. The molecule has 0 unspecified atom stereocenters. The molecule has 98 valence electrons. The SMILES string of the molecule is O=C(Cc1ccc(Cl)cc1)Nc1ccc(O)cc1O. The predicted molar refractivity (Wildman–Crippen MR) is 73.6 cm³/mol. The quantitative estimate of drug-likeness (QED) is 0.597. The number of phenols is 2. The number of amides is 1. The fourth-order valence-corrected chi connectivity index (χ4v) is 1.73. The van der Waals surface area contributed by atoms with Gasteiger partial charge in [0.25, 0.3) is 0 Å². The van der Waals surface area contributed by atoms with Crippen LogP contribution in [0.4, 0.5) is 5.69 Å². The molecule has 2 aromatic carbocycles. The van der Waals surface area contributed by atoms with Gasteiger partial charge in [0.1, 0.15) is 11.5 Å². The summed E-state index contributed by atoms with van der Waals surface area (Å²) in [6.07, 6.45) is 0.178. The van der Waals surface area contributed by atoms with E-state index in [1.807, 2.05) is 0 Å². The lowest BCUT2D eigenvalue weighted by Gasteiger charge is -2.07. The summed E-state index contributed by atoms with van der Waals surface area (Å²) in [4.78, 5) is 11.8. The number of carbonyl (C=O) groups is 1. The van der Waals surface area contributed by atoms with Gasteiger partial charge in [-0.15, -0.1) is 0 Å². The van der Waals surface area contributed by atoms with Gasteiger partial charge in [0.2, 0.25) is 5.91 Å². The van der Waals surface area contributed by atoms with Crippen LogP contribution in [0.2, 0.25) is 5.02 Å². The largest absolute Gasteiger partial charge is 0.508 e. The van der Waals surface area contributed by atoms with Crippen molar-refractivity contribution in [3.63, 3.8) is 0 Å². The van der Waals surface area contributed by atoms with Gasteiger partial charge in [-0.1, -0.05) is 23.7 Å². The van der Waals surface area contributed by atoms with E-state index in [4.69, 9.17) is 16.7 Å². The van der Waals surface area contributed by atoms with Crippen LogP contribution in [-0.2, 0) is 11.2 Å². The lowest BCUT2D eigenvalue weighted by Crippen LogP contribution is -2.14. The van der Waals surface area contributed by atoms with Crippen molar-refractivity contribution in [2.24, 2.45) is 0 Å². The second-order valence-corrected chi connectivity index (χ2v) is 4.49. The third-order valence-electron chi connectivity index (χ3n) is 2.53. The Labute approximate surface area is 115 Å². The van der Waals surface area contributed by atoms with Gasteiger partial charge in [-0.25, -0.2) is 0 Å². The molecule has 2 aromatic rings. The van der Waals surface area contributed by atoms with Crippen molar-refractivity contribution in [3.8, 4) is 11.5 Å².